The first-order valence-electron chi connectivity index (χ1n) is 3.36. The third-order valence-electron chi connectivity index (χ3n) is 1.28. The molecule has 0 unspecified atom stereocenters. The number of aliphatic hydroxyl groups is 1. The van der Waals surface area contributed by atoms with Crippen molar-refractivity contribution < 1.29 is 24.9 Å². The van der Waals surface area contributed by atoms with Crippen LogP contribution in [-0.2, 0) is 9.59 Å². The average molecular weight is 177 g/mol. The molecule has 0 aliphatic rings. The molecule has 1 atom stereocenters. The summed E-state index contributed by atoms with van der Waals surface area (Å²) in [5.74, 6) is -2.22. The monoisotopic (exact) mass is 177 g/mol. The van der Waals surface area contributed by atoms with Gasteiger partial charge in [-0.15, -0.1) is 0 Å². The van der Waals surface area contributed by atoms with Crippen molar-refractivity contribution >= 4 is 11.9 Å². The zero-order chi connectivity index (χ0) is 9.56. The summed E-state index contributed by atoms with van der Waals surface area (Å²) in [7, 11) is 0. The van der Waals surface area contributed by atoms with Crippen LogP contribution in [0.4, 0.5) is 0 Å². The predicted octanol–water partition coefficient (Wildman–Crippen LogP) is -1.16. The first-order chi connectivity index (χ1) is 5.57. The van der Waals surface area contributed by atoms with E-state index in [4.69, 9.17) is 15.3 Å². The Morgan fingerprint density at radius 1 is 1.33 bits per heavy atom. The molecule has 12 heavy (non-hydrogen) atoms. The van der Waals surface area contributed by atoms with Crippen LogP contribution >= 0.6 is 0 Å². The second kappa shape index (κ2) is 5.50. The van der Waals surface area contributed by atoms with Gasteiger partial charge >= 0.3 is 11.9 Å². The number of aliphatic hydroxyl groups excluding tert-OH is 1. The molecule has 0 heterocycles. The van der Waals surface area contributed by atoms with Crippen LogP contribution in [0.2, 0.25) is 0 Å². The van der Waals surface area contributed by atoms with Crippen molar-refractivity contribution in [1.29, 1.82) is 0 Å². The van der Waals surface area contributed by atoms with Crippen LogP contribution in [0, 0.1) is 0 Å². The van der Waals surface area contributed by atoms with Crippen molar-refractivity contribution in [2.45, 2.75) is 18.9 Å². The molecule has 0 aliphatic heterocycles. The minimum absolute atomic E-state index is 0.0365. The van der Waals surface area contributed by atoms with Crippen molar-refractivity contribution in [3.05, 3.63) is 0 Å². The van der Waals surface area contributed by atoms with Crippen molar-refractivity contribution in [3.8, 4) is 0 Å². The first-order valence-corrected chi connectivity index (χ1v) is 3.36. The van der Waals surface area contributed by atoms with E-state index in [1.807, 2.05) is 0 Å². The summed E-state index contributed by atoms with van der Waals surface area (Å²) in [6.45, 7) is -0.476. The molecular weight excluding hydrogens is 166 g/mol. The van der Waals surface area contributed by atoms with E-state index in [0.717, 1.165) is 0 Å². The Bertz CT molecular complexity index is 169. The minimum atomic E-state index is -1.16. The van der Waals surface area contributed by atoms with Gasteiger partial charge in [-0.2, -0.15) is 0 Å². The number of carboxylic acid groups (broad SMARTS) is 2. The Labute approximate surface area is 68.8 Å². The molecule has 0 aromatic rings. The summed E-state index contributed by atoms with van der Waals surface area (Å²) in [5.41, 5.74) is 0. The molecule has 0 fully saturated rings. The van der Waals surface area contributed by atoms with E-state index >= 15 is 0 Å². The molecule has 0 saturated carbocycles. The van der Waals surface area contributed by atoms with E-state index in [0.29, 0.717) is 0 Å². The quantitative estimate of drug-likeness (QED) is 0.381. The van der Waals surface area contributed by atoms with Gasteiger partial charge in [-0.05, 0) is 6.42 Å². The van der Waals surface area contributed by atoms with E-state index in [9.17, 15) is 9.59 Å². The van der Waals surface area contributed by atoms with Gasteiger partial charge in [0.2, 0.25) is 0 Å². The topological polar surface area (TPSA) is 107 Å². The SMILES string of the molecule is O=C(O)CC[C@H](NCO)C(=O)O. The van der Waals surface area contributed by atoms with Crippen molar-refractivity contribution in [2.24, 2.45) is 0 Å². The Kier molecular flexibility index (Phi) is 4.98. The third kappa shape index (κ3) is 4.64. The molecule has 0 saturated heterocycles. The maximum atomic E-state index is 10.3. The molecular formula is C6H11NO5. The lowest BCUT2D eigenvalue weighted by Gasteiger charge is -2.10. The Morgan fingerprint density at radius 3 is 2.25 bits per heavy atom. The van der Waals surface area contributed by atoms with Gasteiger partial charge in [0.15, 0.2) is 0 Å². The smallest absolute Gasteiger partial charge is 0.320 e. The second-order valence-electron chi connectivity index (χ2n) is 2.19. The van der Waals surface area contributed by atoms with Gasteiger partial charge in [-0.1, -0.05) is 0 Å². The number of aliphatic carboxylic acids is 2. The highest BCUT2D eigenvalue weighted by Crippen LogP contribution is 1.96. The number of hydrogen-bond acceptors (Lipinski definition) is 4. The maximum Gasteiger partial charge on any atom is 0.320 e. The van der Waals surface area contributed by atoms with Gasteiger partial charge in [0, 0.05) is 6.42 Å². The van der Waals surface area contributed by atoms with Crippen molar-refractivity contribution in [3.63, 3.8) is 0 Å². The molecule has 0 aromatic heterocycles. The lowest BCUT2D eigenvalue weighted by molar-refractivity contribution is -0.141. The molecule has 6 nitrogen and oxygen atoms in total. The lowest BCUT2D eigenvalue weighted by Crippen LogP contribution is -2.37. The normalized spacial score (nSPS) is 12.4. The highest BCUT2D eigenvalue weighted by molar-refractivity contribution is 5.75. The van der Waals surface area contributed by atoms with Gasteiger partial charge in [0.05, 0.1) is 6.73 Å². The fourth-order valence-electron chi connectivity index (χ4n) is 0.691. The number of carbonyl (C=O) groups is 2. The van der Waals surface area contributed by atoms with Crippen LogP contribution in [0.3, 0.4) is 0 Å². The second-order valence-corrected chi connectivity index (χ2v) is 2.19. The van der Waals surface area contributed by atoms with Crippen LogP contribution in [0.5, 0.6) is 0 Å². The summed E-state index contributed by atoms with van der Waals surface area (Å²) in [6.07, 6.45) is -0.269. The van der Waals surface area contributed by atoms with Gasteiger partial charge in [0.25, 0.3) is 0 Å². The molecule has 0 spiro atoms. The van der Waals surface area contributed by atoms with Crippen molar-refractivity contribution in [1.82, 2.24) is 5.32 Å². The molecule has 0 bridgehead atoms. The van der Waals surface area contributed by atoms with Crippen LogP contribution in [0.1, 0.15) is 12.8 Å². The Balaban J connectivity index is 3.79. The maximum absolute atomic E-state index is 10.3. The zero-order valence-corrected chi connectivity index (χ0v) is 6.36. The third-order valence-corrected chi connectivity index (χ3v) is 1.28. The summed E-state index contributed by atoms with van der Waals surface area (Å²) < 4.78 is 0. The van der Waals surface area contributed by atoms with Crippen LogP contribution < -0.4 is 5.32 Å². The fraction of sp³-hybridized carbons (Fsp3) is 0.667. The van der Waals surface area contributed by atoms with E-state index in [-0.39, 0.29) is 12.8 Å². The number of rotatable bonds is 6. The van der Waals surface area contributed by atoms with E-state index in [2.05, 4.69) is 5.32 Å². The van der Waals surface area contributed by atoms with Crippen molar-refractivity contribution in [2.75, 3.05) is 6.73 Å². The summed E-state index contributed by atoms with van der Waals surface area (Å²) in [5, 5.41) is 27.2. The molecule has 4 N–H and O–H groups in total. The van der Waals surface area contributed by atoms with Gasteiger partial charge in [-0.3, -0.25) is 14.9 Å². The molecule has 0 rings (SSSR count). The highest BCUT2D eigenvalue weighted by atomic mass is 16.4. The Morgan fingerprint density at radius 2 is 1.92 bits per heavy atom. The number of nitrogens with one attached hydrogen (secondary N) is 1. The van der Waals surface area contributed by atoms with Crippen LogP contribution in [-0.4, -0.2) is 40.0 Å². The first kappa shape index (κ1) is 10.9. The van der Waals surface area contributed by atoms with Crippen LogP contribution in [0.15, 0.2) is 0 Å². The average Bonchev–Trinajstić information content (AvgIpc) is 1.96. The molecule has 0 aliphatic carbocycles. The number of hydrogen-bond donors (Lipinski definition) is 4. The molecule has 0 radical (unpaired) electrons. The summed E-state index contributed by atoms with van der Waals surface area (Å²) >= 11 is 0. The predicted molar refractivity (Wildman–Crippen MR) is 38.5 cm³/mol. The van der Waals surface area contributed by atoms with E-state index in [1.54, 1.807) is 0 Å². The molecule has 0 amide bonds. The van der Waals surface area contributed by atoms with Crippen LogP contribution in [0.25, 0.3) is 0 Å². The summed E-state index contributed by atoms with van der Waals surface area (Å²) in [6, 6.07) is -0.994. The van der Waals surface area contributed by atoms with Gasteiger partial charge < -0.3 is 15.3 Å². The van der Waals surface area contributed by atoms with E-state index < -0.39 is 24.7 Å². The fourth-order valence-corrected chi connectivity index (χ4v) is 0.691. The molecule has 70 valence electrons. The van der Waals surface area contributed by atoms with E-state index in [1.165, 1.54) is 0 Å². The highest BCUT2D eigenvalue weighted by Gasteiger charge is 2.16. The zero-order valence-electron chi connectivity index (χ0n) is 6.36. The molecule has 6 heteroatoms. The van der Waals surface area contributed by atoms with Gasteiger partial charge in [0.1, 0.15) is 6.04 Å². The number of carboxylic acids is 2. The summed E-state index contributed by atoms with van der Waals surface area (Å²) in [4.78, 5) is 20.4. The minimum Gasteiger partial charge on any atom is -0.481 e. The largest absolute Gasteiger partial charge is 0.481 e. The molecule has 0 aromatic carbocycles. The van der Waals surface area contributed by atoms with Gasteiger partial charge in [-0.25, -0.2) is 0 Å². The standard InChI is InChI=1S/C6H11NO5/c8-3-7-4(6(11)12)1-2-5(9)10/h4,7-8H,1-3H2,(H,9,10)(H,11,12)/t4-/m0/s1. The lowest BCUT2D eigenvalue weighted by atomic mass is 10.1. The Hall–Kier alpha value is -1.14.